The maximum Gasteiger partial charge on any atom is 0.306 e. The Labute approximate surface area is 90.5 Å². The predicted molar refractivity (Wildman–Crippen MR) is 56.4 cm³/mol. The summed E-state index contributed by atoms with van der Waals surface area (Å²) in [6.45, 7) is 6.40. The van der Waals surface area contributed by atoms with Gasteiger partial charge in [0.05, 0.1) is 12.0 Å². The quantitative estimate of drug-likeness (QED) is 0.736. The molecule has 0 spiro atoms. The van der Waals surface area contributed by atoms with E-state index in [-0.39, 0.29) is 17.3 Å². The van der Waals surface area contributed by atoms with Gasteiger partial charge >= 0.3 is 5.97 Å². The molecule has 0 aromatic rings. The van der Waals surface area contributed by atoms with Crippen molar-refractivity contribution in [2.75, 3.05) is 0 Å². The fourth-order valence-corrected chi connectivity index (χ4v) is 3.94. The van der Waals surface area contributed by atoms with Crippen LogP contribution < -0.4 is 0 Å². The molecule has 2 aliphatic carbocycles. The molecule has 0 aliphatic heterocycles. The number of rotatable bonds is 2. The second kappa shape index (κ2) is 2.76. The SMILES string of the molecule is CC1(C)[C@@H]2CC[C@@]1(C)[C@](O)(CC(=O)O)C2. The zero-order chi connectivity index (χ0) is 11.5. The van der Waals surface area contributed by atoms with E-state index >= 15 is 0 Å². The lowest BCUT2D eigenvalue weighted by Crippen LogP contribution is -2.48. The van der Waals surface area contributed by atoms with Crippen LogP contribution in [0.2, 0.25) is 0 Å². The van der Waals surface area contributed by atoms with Gasteiger partial charge in [0.1, 0.15) is 0 Å². The van der Waals surface area contributed by atoms with Crippen molar-refractivity contribution in [3.8, 4) is 0 Å². The smallest absolute Gasteiger partial charge is 0.306 e. The van der Waals surface area contributed by atoms with E-state index in [0.29, 0.717) is 12.3 Å². The lowest BCUT2D eigenvalue weighted by molar-refractivity contribution is -0.152. The Hall–Kier alpha value is -0.570. The van der Waals surface area contributed by atoms with Crippen LogP contribution in [0.25, 0.3) is 0 Å². The predicted octanol–water partition coefficient (Wildman–Crippen LogP) is 2.04. The number of carboxylic acids is 1. The van der Waals surface area contributed by atoms with Crippen LogP contribution in [0.3, 0.4) is 0 Å². The van der Waals surface area contributed by atoms with Crippen molar-refractivity contribution in [3.05, 3.63) is 0 Å². The summed E-state index contributed by atoms with van der Waals surface area (Å²) in [5, 5.41) is 19.5. The lowest BCUT2D eigenvalue weighted by atomic mass is 9.63. The number of carbonyl (C=O) groups is 1. The Bertz CT molecular complexity index is 310. The second-order valence-electron chi connectivity index (χ2n) is 6.10. The molecule has 0 heterocycles. The summed E-state index contributed by atoms with van der Waals surface area (Å²) in [6.07, 6.45) is 2.63. The summed E-state index contributed by atoms with van der Waals surface area (Å²) in [5.74, 6) is -0.408. The van der Waals surface area contributed by atoms with E-state index in [0.717, 1.165) is 12.8 Å². The number of aliphatic carboxylic acids is 1. The largest absolute Gasteiger partial charge is 0.481 e. The normalized spacial score (nSPS) is 47.1. The minimum atomic E-state index is -0.995. The van der Waals surface area contributed by atoms with Gasteiger partial charge in [-0.25, -0.2) is 0 Å². The Morgan fingerprint density at radius 3 is 2.33 bits per heavy atom. The first-order valence-electron chi connectivity index (χ1n) is 5.67. The Kier molecular flexibility index (Phi) is 2.01. The van der Waals surface area contributed by atoms with Gasteiger partial charge in [-0.3, -0.25) is 4.79 Å². The van der Waals surface area contributed by atoms with E-state index in [4.69, 9.17) is 5.11 Å². The van der Waals surface area contributed by atoms with E-state index < -0.39 is 11.6 Å². The van der Waals surface area contributed by atoms with Gasteiger partial charge in [0.15, 0.2) is 0 Å². The summed E-state index contributed by atoms with van der Waals surface area (Å²) in [4.78, 5) is 10.8. The molecular weight excluding hydrogens is 192 g/mol. The van der Waals surface area contributed by atoms with Gasteiger partial charge in [0.2, 0.25) is 0 Å². The highest BCUT2D eigenvalue weighted by molar-refractivity contribution is 5.68. The summed E-state index contributed by atoms with van der Waals surface area (Å²) in [6, 6.07) is 0. The average Bonchev–Trinajstić information content (AvgIpc) is 2.34. The number of aliphatic hydroxyl groups is 1. The molecule has 0 aromatic heterocycles. The second-order valence-corrected chi connectivity index (χ2v) is 6.10. The monoisotopic (exact) mass is 212 g/mol. The van der Waals surface area contributed by atoms with Crippen molar-refractivity contribution >= 4 is 5.97 Å². The maximum absolute atomic E-state index is 10.8. The van der Waals surface area contributed by atoms with E-state index in [1.54, 1.807) is 0 Å². The molecule has 0 radical (unpaired) electrons. The molecule has 15 heavy (non-hydrogen) atoms. The molecule has 2 fully saturated rings. The van der Waals surface area contributed by atoms with Gasteiger partial charge in [-0.2, -0.15) is 0 Å². The van der Waals surface area contributed by atoms with Crippen molar-refractivity contribution in [2.24, 2.45) is 16.7 Å². The summed E-state index contributed by atoms with van der Waals surface area (Å²) >= 11 is 0. The van der Waals surface area contributed by atoms with Crippen LogP contribution in [0.5, 0.6) is 0 Å². The number of hydrogen-bond donors (Lipinski definition) is 2. The molecule has 0 unspecified atom stereocenters. The molecule has 3 nitrogen and oxygen atoms in total. The Morgan fingerprint density at radius 2 is 2.00 bits per heavy atom. The molecule has 3 heteroatoms. The molecule has 3 atom stereocenters. The van der Waals surface area contributed by atoms with E-state index in [2.05, 4.69) is 20.8 Å². The first kappa shape index (κ1) is 10.9. The van der Waals surface area contributed by atoms with Crippen LogP contribution in [-0.2, 0) is 4.79 Å². The lowest BCUT2D eigenvalue weighted by Gasteiger charge is -2.44. The molecule has 2 aliphatic rings. The van der Waals surface area contributed by atoms with Crippen LogP contribution in [0.1, 0.15) is 46.5 Å². The van der Waals surface area contributed by atoms with Crippen LogP contribution in [-0.4, -0.2) is 21.8 Å². The highest BCUT2D eigenvalue weighted by Crippen LogP contribution is 2.70. The molecule has 2 saturated carbocycles. The van der Waals surface area contributed by atoms with Crippen LogP contribution >= 0.6 is 0 Å². The minimum absolute atomic E-state index is 0.0667. The topological polar surface area (TPSA) is 57.5 Å². The van der Waals surface area contributed by atoms with Gasteiger partial charge in [-0.1, -0.05) is 20.8 Å². The highest BCUT2D eigenvalue weighted by atomic mass is 16.4. The molecule has 0 amide bonds. The van der Waals surface area contributed by atoms with Crippen molar-refractivity contribution < 1.29 is 15.0 Å². The fourth-order valence-electron chi connectivity index (χ4n) is 3.94. The van der Waals surface area contributed by atoms with E-state index in [9.17, 15) is 9.90 Å². The molecule has 0 aromatic carbocycles. The zero-order valence-electron chi connectivity index (χ0n) is 9.71. The number of carboxylic acid groups (broad SMARTS) is 1. The van der Waals surface area contributed by atoms with Crippen molar-refractivity contribution in [3.63, 3.8) is 0 Å². The van der Waals surface area contributed by atoms with E-state index in [1.807, 2.05) is 0 Å². The Balaban J connectivity index is 2.36. The molecule has 86 valence electrons. The van der Waals surface area contributed by atoms with Crippen molar-refractivity contribution in [2.45, 2.75) is 52.1 Å². The molecule has 2 N–H and O–H groups in total. The van der Waals surface area contributed by atoms with Gasteiger partial charge in [-0.15, -0.1) is 0 Å². The standard InChI is InChI=1S/C12H20O3/c1-10(2)8-4-5-11(10,3)12(15,6-8)7-9(13)14/h8,15H,4-7H2,1-3H3,(H,13,14)/t8-,11-,12-/m1/s1. The third-order valence-electron chi connectivity index (χ3n) is 5.49. The third-order valence-corrected chi connectivity index (χ3v) is 5.49. The number of hydrogen-bond acceptors (Lipinski definition) is 2. The summed E-state index contributed by atoms with van der Waals surface area (Å²) in [7, 11) is 0. The molecule has 2 rings (SSSR count). The fraction of sp³-hybridized carbons (Fsp3) is 0.917. The van der Waals surface area contributed by atoms with Crippen LogP contribution in [0.4, 0.5) is 0 Å². The minimum Gasteiger partial charge on any atom is -0.481 e. The number of fused-ring (bicyclic) bond motifs is 2. The van der Waals surface area contributed by atoms with Gasteiger partial charge in [0.25, 0.3) is 0 Å². The molecule has 0 saturated heterocycles. The van der Waals surface area contributed by atoms with Gasteiger partial charge in [0, 0.05) is 5.41 Å². The van der Waals surface area contributed by atoms with Gasteiger partial charge in [-0.05, 0) is 30.6 Å². The highest BCUT2D eigenvalue weighted by Gasteiger charge is 2.68. The van der Waals surface area contributed by atoms with Crippen molar-refractivity contribution in [1.29, 1.82) is 0 Å². The zero-order valence-corrected chi connectivity index (χ0v) is 9.71. The summed E-state index contributed by atoms with van der Waals surface area (Å²) < 4.78 is 0. The maximum atomic E-state index is 10.8. The molecular formula is C12H20O3. The summed E-state index contributed by atoms with van der Waals surface area (Å²) in [5.41, 5.74) is -1.16. The average molecular weight is 212 g/mol. The van der Waals surface area contributed by atoms with Crippen LogP contribution in [0.15, 0.2) is 0 Å². The Morgan fingerprint density at radius 1 is 1.40 bits per heavy atom. The first-order chi connectivity index (χ1) is 6.73. The van der Waals surface area contributed by atoms with Crippen molar-refractivity contribution in [1.82, 2.24) is 0 Å². The third kappa shape index (κ3) is 1.13. The van der Waals surface area contributed by atoms with Crippen LogP contribution in [0, 0.1) is 16.7 Å². The molecule has 2 bridgehead atoms. The van der Waals surface area contributed by atoms with E-state index in [1.165, 1.54) is 0 Å². The van der Waals surface area contributed by atoms with Gasteiger partial charge < -0.3 is 10.2 Å². The first-order valence-corrected chi connectivity index (χ1v) is 5.67.